The van der Waals surface area contributed by atoms with Crippen LogP contribution in [0.2, 0.25) is 0 Å². The van der Waals surface area contributed by atoms with Crippen molar-refractivity contribution in [1.29, 1.82) is 0 Å². The molecule has 0 spiro atoms. The zero-order valence-corrected chi connectivity index (χ0v) is 12.4. The molecule has 116 valence electrons. The van der Waals surface area contributed by atoms with Gasteiger partial charge >= 0.3 is 5.97 Å². The van der Waals surface area contributed by atoms with Gasteiger partial charge in [-0.15, -0.1) is 0 Å². The predicted octanol–water partition coefficient (Wildman–Crippen LogP) is 2.75. The molecule has 0 saturated heterocycles. The van der Waals surface area contributed by atoms with Crippen LogP contribution in [0.25, 0.3) is 0 Å². The Bertz CT molecular complexity index is 549. The topological polar surface area (TPSA) is 65.0 Å². The Kier molecular flexibility index (Phi) is 4.25. The van der Waals surface area contributed by atoms with E-state index in [2.05, 4.69) is 0 Å². The van der Waals surface area contributed by atoms with E-state index in [9.17, 15) is 14.3 Å². The van der Waals surface area contributed by atoms with Crippen molar-refractivity contribution >= 4 is 5.97 Å². The van der Waals surface area contributed by atoms with Gasteiger partial charge in [-0.05, 0) is 12.8 Å². The Labute approximate surface area is 122 Å². The molecule has 1 saturated carbocycles. The summed E-state index contributed by atoms with van der Waals surface area (Å²) in [6, 6.07) is 1.14. The van der Waals surface area contributed by atoms with Gasteiger partial charge in [-0.1, -0.05) is 12.8 Å². The zero-order valence-electron chi connectivity index (χ0n) is 12.4. The minimum absolute atomic E-state index is 0.0862. The summed E-state index contributed by atoms with van der Waals surface area (Å²) in [5, 5.41) is 9.74. The molecule has 0 aromatic heterocycles. The molecular formula is C15H19FO5. The number of hydrogen-bond donors (Lipinski definition) is 1. The average Bonchev–Trinajstić information content (AvgIpc) is 2.96. The third-order valence-electron chi connectivity index (χ3n) is 4.13. The highest BCUT2D eigenvalue weighted by atomic mass is 19.1. The molecule has 0 atom stereocenters. The summed E-state index contributed by atoms with van der Waals surface area (Å²) in [6.07, 6.45) is 2.36. The molecule has 0 radical (unpaired) electrons. The number of halogens is 1. The lowest BCUT2D eigenvalue weighted by atomic mass is 9.77. The fraction of sp³-hybridized carbons (Fsp3) is 0.533. The maximum atomic E-state index is 14.2. The number of aliphatic carboxylic acids is 1. The second-order valence-electron chi connectivity index (χ2n) is 5.10. The number of carboxylic acid groups (broad SMARTS) is 1. The smallest absolute Gasteiger partial charge is 0.314 e. The fourth-order valence-electron chi connectivity index (χ4n) is 3.13. The maximum Gasteiger partial charge on any atom is 0.314 e. The van der Waals surface area contributed by atoms with Crippen LogP contribution < -0.4 is 14.2 Å². The molecule has 0 bridgehead atoms. The second kappa shape index (κ2) is 5.79. The highest BCUT2D eigenvalue weighted by Crippen LogP contribution is 2.52. The van der Waals surface area contributed by atoms with Gasteiger partial charge in [-0.2, -0.15) is 0 Å². The lowest BCUT2D eigenvalue weighted by molar-refractivity contribution is -0.143. The lowest BCUT2D eigenvalue weighted by Crippen LogP contribution is -2.34. The molecule has 6 heteroatoms. The quantitative estimate of drug-likeness (QED) is 0.905. The molecule has 1 fully saturated rings. The highest BCUT2D eigenvalue weighted by Gasteiger charge is 2.48. The van der Waals surface area contributed by atoms with E-state index in [1.807, 2.05) is 0 Å². The fourth-order valence-corrected chi connectivity index (χ4v) is 3.13. The first-order chi connectivity index (χ1) is 10.0. The van der Waals surface area contributed by atoms with Gasteiger partial charge in [0, 0.05) is 6.07 Å². The van der Waals surface area contributed by atoms with E-state index in [1.165, 1.54) is 21.3 Å². The lowest BCUT2D eigenvalue weighted by Gasteiger charge is -2.29. The van der Waals surface area contributed by atoms with Crippen LogP contribution in [0, 0.1) is 5.82 Å². The van der Waals surface area contributed by atoms with Crippen LogP contribution in [0.5, 0.6) is 17.2 Å². The number of benzene rings is 1. The molecule has 0 unspecified atom stereocenters. The molecule has 5 nitrogen and oxygen atoms in total. The summed E-state index contributed by atoms with van der Waals surface area (Å²) in [4.78, 5) is 11.9. The van der Waals surface area contributed by atoms with E-state index < -0.39 is 17.2 Å². The van der Waals surface area contributed by atoms with E-state index in [1.54, 1.807) is 0 Å². The molecule has 1 aromatic rings. The summed E-state index contributed by atoms with van der Waals surface area (Å²) >= 11 is 0. The standard InChI is InChI=1S/C15H19FO5/c1-19-10-8-9(16)12(20-2)11(13(10)21-3)15(14(17)18)6-4-5-7-15/h8H,4-7H2,1-3H3,(H,17,18). The van der Waals surface area contributed by atoms with Gasteiger partial charge in [0.2, 0.25) is 0 Å². The normalized spacial score (nSPS) is 16.6. The molecule has 0 heterocycles. The number of ether oxygens (including phenoxy) is 3. The first-order valence-electron chi connectivity index (χ1n) is 6.74. The monoisotopic (exact) mass is 298 g/mol. The SMILES string of the molecule is COc1cc(F)c(OC)c(C2(C(=O)O)CCCC2)c1OC. The number of methoxy groups -OCH3 is 3. The van der Waals surface area contributed by atoms with Crippen molar-refractivity contribution in [3.63, 3.8) is 0 Å². The van der Waals surface area contributed by atoms with Crippen molar-refractivity contribution in [3.8, 4) is 17.2 Å². The number of hydrogen-bond acceptors (Lipinski definition) is 4. The minimum atomic E-state index is -1.20. The van der Waals surface area contributed by atoms with Crippen molar-refractivity contribution in [2.75, 3.05) is 21.3 Å². The van der Waals surface area contributed by atoms with Crippen molar-refractivity contribution in [1.82, 2.24) is 0 Å². The van der Waals surface area contributed by atoms with Crippen molar-refractivity contribution in [2.45, 2.75) is 31.1 Å². The first kappa shape index (κ1) is 15.4. The molecule has 0 aliphatic heterocycles. The molecule has 1 aliphatic rings. The van der Waals surface area contributed by atoms with Crippen molar-refractivity contribution in [2.24, 2.45) is 0 Å². The van der Waals surface area contributed by atoms with Crippen LogP contribution in [0.15, 0.2) is 6.07 Å². The number of carbonyl (C=O) groups is 1. The van der Waals surface area contributed by atoms with E-state index in [0.717, 1.165) is 18.9 Å². The Hall–Kier alpha value is -1.98. The molecule has 1 aromatic carbocycles. The van der Waals surface area contributed by atoms with Gasteiger partial charge in [0.1, 0.15) is 5.41 Å². The van der Waals surface area contributed by atoms with Crippen molar-refractivity contribution < 1.29 is 28.5 Å². The molecule has 1 aliphatic carbocycles. The molecule has 1 N–H and O–H groups in total. The molecule has 0 amide bonds. The third kappa shape index (κ3) is 2.28. The maximum absolute atomic E-state index is 14.2. The Morgan fingerprint density at radius 2 is 1.71 bits per heavy atom. The summed E-state index contributed by atoms with van der Waals surface area (Å²) in [5.41, 5.74) is -0.971. The van der Waals surface area contributed by atoms with E-state index in [-0.39, 0.29) is 22.8 Å². The summed E-state index contributed by atoms with van der Waals surface area (Å²) < 4.78 is 29.8. The Morgan fingerprint density at radius 3 is 2.14 bits per heavy atom. The van der Waals surface area contributed by atoms with Crippen LogP contribution in [-0.4, -0.2) is 32.4 Å². The predicted molar refractivity (Wildman–Crippen MR) is 73.8 cm³/mol. The van der Waals surface area contributed by atoms with Gasteiger partial charge in [0.25, 0.3) is 0 Å². The largest absolute Gasteiger partial charge is 0.493 e. The van der Waals surface area contributed by atoms with Crippen LogP contribution >= 0.6 is 0 Å². The first-order valence-corrected chi connectivity index (χ1v) is 6.74. The van der Waals surface area contributed by atoms with Crippen LogP contribution in [0.4, 0.5) is 4.39 Å². The summed E-state index contributed by atoms with van der Waals surface area (Å²) in [7, 11) is 4.11. The van der Waals surface area contributed by atoms with Gasteiger partial charge in [-0.3, -0.25) is 4.79 Å². The van der Waals surface area contributed by atoms with Gasteiger partial charge in [0.15, 0.2) is 23.1 Å². The van der Waals surface area contributed by atoms with Crippen molar-refractivity contribution in [3.05, 3.63) is 17.4 Å². The molecule has 2 rings (SSSR count). The highest BCUT2D eigenvalue weighted by molar-refractivity contribution is 5.85. The van der Waals surface area contributed by atoms with Gasteiger partial charge in [0.05, 0.1) is 26.9 Å². The molecular weight excluding hydrogens is 279 g/mol. The third-order valence-corrected chi connectivity index (χ3v) is 4.13. The number of carboxylic acids is 1. The number of rotatable bonds is 5. The average molecular weight is 298 g/mol. The van der Waals surface area contributed by atoms with Crippen LogP contribution in [0.3, 0.4) is 0 Å². The summed E-state index contributed by atoms with van der Waals surface area (Å²) in [6.45, 7) is 0. The van der Waals surface area contributed by atoms with Crippen LogP contribution in [0.1, 0.15) is 31.2 Å². The zero-order chi connectivity index (χ0) is 15.6. The van der Waals surface area contributed by atoms with Gasteiger partial charge < -0.3 is 19.3 Å². The minimum Gasteiger partial charge on any atom is -0.493 e. The van der Waals surface area contributed by atoms with Crippen LogP contribution in [-0.2, 0) is 10.2 Å². The Morgan fingerprint density at radius 1 is 1.14 bits per heavy atom. The van der Waals surface area contributed by atoms with Gasteiger partial charge in [-0.25, -0.2) is 4.39 Å². The van der Waals surface area contributed by atoms with E-state index in [4.69, 9.17) is 14.2 Å². The second-order valence-corrected chi connectivity index (χ2v) is 5.10. The summed E-state index contributed by atoms with van der Waals surface area (Å²) in [5.74, 6) is -1.35. The molecule has 21 heavy (non-hydrogen) atoms. The van der Waals surface area contributed by atoms with E-state index in [0.29, 0.717) is 12.8 Å². The van der Waals surface area contributed by atoms with E-state index >= 15 is 0 Å². The Balaban J connectivity index is 2.81.